The SMILES string of the molecule is CSCC[C@H](NC(=O)[C@H](C)NC(=O)[C@H](CCC(=O)O)NC(=O)[C@H](Cc1ccc(O)cc1)NC(=O)[C@H](CCCCN)NC(=O)[C@H](CCCN=C(N)N)NC(=O)[C@@H](N)CCCCN)C(=O)N[C@H](C(=O)N[C@@H](CCCCN)C(=O)N[C@@H](CC(C)C)C(=O)O)[C@@H](C)O. The van der Waals surface area contributed by atoms with Gasteiger partial charge in [-0.1, -0.05) is 32.4 Å². The number of carbonyl (C=O) groups excluding carboxylic acids is 9. The standard InChI is InChI=1S/C56H98N16O15S/c1-31(2)29-43(55(86)87)71-51(82)38(15-8-11-26-59)69-54(85)45(33(4)73)72-52(83)41(23-28-88-5)65-46(77)32(3)64-48(79)40(21-22-44(75)76)68-53(84)42(30-34-17-19-35(74)20-18-34)70-50(81)37(14-7-10-25-58)67-49(80)39(16-12-27-63-56(61)62)66-47(78)36(60)13-6-9-24-57/h17-20,31-33,36-43,45,73-74H,6-16,21-30,57-60H2,1-5H3,(H,64,79)(H,65,77)(H,66,78)(H,67,80)(H,68,84)(H,69,85)(H,70,81)(H,71,82)(H,72,83)(H,75,76)(H,86,87)(H4,61,62,63)/t32-,33+,36-,37-,38-,39-,40-,41-,42-,43-,45-/m0/s1. The fourth-order valence-electron chi connectivity index (χ4n) is 8.71. The van der Waals surface area contributed by atoms with E-state index in [-0.39, 0.29) is 94.4 Å². The Hall–Kier alpha value is -7.39. The summed E-state index contributed by atoms with van der Waals surface area (Å²) in [7, 11) is 0. The second kappa shape index (κ2) is 43.3. The number of aromatic hydroxyl groups is 1. The number of aliphatic carboxylic acids is 2. The number of carbonyl (C=O) groups is 11. The summed E-state index contributed by atoms with van der Waals surface area (Å²) in [5.41, 5.74) is 34.5. The highest BCUT2D eigenvalue weighted by molar-refractivity contribution is 7.98. The smallest absolute Gasteiger partial charge is 0.326 e. The van der Waals surface area contributed by atoms with E-state index in [1.165, 1.54) is 49.9 Å². The summed E-state index contributed by atoms with van der Waals surface area (Å²) in [6, 6.07) is -8.48. The highest BCUT2D eigenvalue weighted by Gasteiger charge is 2.36. The van der Waals surface area contributed by atoms with Gasteiger partial charge in [-0.15, -0.1) is 0 Å². The molecule has 0 fully saturated rings. The van der Waals surface area contributed by atoms with Crippen molar-refractivity contribution in [1.82, 2.24) is 47.9 Å². The molecule has 1 aromatic rings. The molecule has 31 nitrogen and oxygen atoms in total. The number of carboxylic acids is 2. The van der Waals surface area contributed by atoms with E-state index in [1.54, 1.807) is 20.1 Å². The highest BCUT2D eigenvalue weighted by Crippen LogP contribution is 2.15. The van der Waals surface area contributed by atoms with Crippen molar-refractivity contribution in [3.05, 3.63) is 29.8 Å². The fourth-order valence-corrected chi connectivity index (χ4v) is 9.18. The molecule has 0 heterocycles. The maximum Gasteiger partial charge on any atom is 0.326 e. The molecule has 0 aromatic heterocycles. The molecule has 1 rings (SSSR count). The Balaban J connectivity index is 3.56. The second-order valence-electron chi connectivity index (χ2n) is 21.8. The summed E-state index contributed by atoms with van der Waals surface area (Å²) in [6.45, 7) is 6.91. The van der Waals surface area contributed by atoms with Crippen LogP contribution in [0, 0.1) is 5.92 Å². The van der Waals surface area contributed by atoms with E-state index in [4.69, 9.17) is 34.4 Å². The van der Waals surface area contributed by atoms with Crippen LogP contribution in [0.25, 0.3) is 0 Å². The van der Waals surface area contributed by atoms with Crippen LogP contribution in [0.15, 0.2) is 29.3 Å². The van der Waals surface area contributed by atoms with Gasteiger partial charge in [0.1, 0.15) is 60.1 Å². The number of benzene rings is 1. The lowest BCUT2D eigenvalue weighted by molar-refractivity contribution is -0.143. The lowest BCUT2D eigenvalue weighted by Crippen LogP contribution is -2.61. The molecule has 0 aliphatic heterocycles. The van der Waals surface area contributed by atoms with Crippen LogP contribution in [0.1, 0.15) is 130 Å². The van der Waals surface area contributed by atoms with Gasteiger partial charge in [-0.25, -0.2) is 4.79 Å². The Bertz CT molecular complexity index is 2420. The van der Waals surface area contributed by atoms with Crippen LogP contribution in [0.3, 0.4) is 0 Å². The molecule has 0 saturated heterocycles. The van der Waals surface area contributed by atoms with Crippen molar-refractivity contribution in [1.29, 1.82) is 0 Å². The number of aliphatic imine (C=N–C) groups is 1. The number of unbranched alkanes of at least 4 members (excludes halogenated alkanes) is 3. The van der Waals surface area contributed by atoms with Crippen molar-refractivity contribution in [2.45, 2.75) is 197 Å². The zero-order chi connectivity index (χ0) is 66.5. The number of carboxylic acid groups (broad SMARTS) is 2. The maximum absolute atomic E-state index is 14.5. The van der Waals surface area contributed by atoms with Gasteiger partial charge in [0.2, 0.25) is 53.2 Å². The van der Waals surface area contributed by atoms with Gasteiger partial charge in [0.25, 0.3) is 0 Å². The molecule has 32 heteroatoms. The Morgan fingerprint density at radius 2 is 0.932 bits per heavy atom. The molecule has 0 aliphatic rings. The van der Waals surface area contributed by atoms with E-state index in [1.807, 2.05) is 0 Å². The zero-order valence-electron chi connectivity index (χ0n) is 51.2. The van der Waals surface area contributed by atoms with Crippen molar-refractivity contribution >= 4 is 82.8 Å². The van der Waals surface area contributed by atoms with Gasteiger partial charge < -0.3 is 103 Å². The molecule has 0 radical (unpaired) electrons. The number of phenols is 1. The molecule has 11 atom stereocenters. The molecular formula is C56H98N16O15S. The minimum atomic E-state index is -1.71. The summed E-state index contributed by atoms with van der Waals surface area (Å²) in [5, 5.41) is 63.0. The minimum absolute atomic E-state index is 0.00583. The third-order valence-corrected chi connectivity index (χ3v) is 14.4. The fraction of sp³-hybridized carbons (Fsp3) is 0.679. The van der Waals surface area contributed by atoms with Gasteiger partial charge in [-0.2, -0.15) is 11.8 Å². The van der Waals surface area contributed by atoms with Gasteiger partial charge in [0.05, 0.1) is 12.1 Å². The first kappa shape index (κ1) is 78.6. The monoisotopic (exact) mass is 1270 g/mol. The lowest BCUT2D eigenvalue weighted by Gasteiger charge is -2.28. The number of amides is 9. The van der Waals surface area contributed by atoms with Crippen molar-refractivity contribution in [3.8, 4) is 5.75 Å². The number of nitrogens with zero attached hydrogens (tertiary/aromatic N) is 1. The molecule has 0 unspecified atom stereocenters. The number of nitrogens with two attached hydrogens (primary N) is 6. The Morgan fingerprint density at radius 1 is 0.511 bits per heavy atom. The molecule has 1 aromatic carbocycles. The number of rotatable bonds is 46. The molecule has 0 saturated carbocycles. The van der Waals surface area contributed by atoms with Crippen LogP contribution in [0.2, 0.25) is 0 Å². The summed E-state index contributed by atoms with van der Waals surface area (Å²) in [4.78, 5) is 153. The van der Waals surface area contributed by atoms with Gasteiger partial charge in [-0.05, 0) is 153 Å². The van der Waals surface area contributed by atoms with E-state index in [2.05, 4.69) is 52.8 Å². The first-order chi connectivity index (χ1) is 41.6. The molecule has 0 bridgehead atoms. The van der Waals surface area contributed by atoms with Gasteiger partial charge >= 0.3 is 11.9 Å². The van der Waals surface area contributed by atoms with Crippen LogP contribution in [-0.4, -0.2) is 196 Å². The predicted octanol–water partition coefficient (Wildman–Crippen LogP) is -3.78. The summed E-state index contributed by atoms with van der Waals surface area (Å²) in [6.07, 6.45) is 1.84. The van der Waals surface area contributed by atoms with Gasteiger partial charge in [0, 0.05) is 19.4 Å². The van der Waals surface area contributed by atoms with Crippen LogP contribution in [0.4, 0.5) is 0 Å². The van der Waals surface area contributed by atoms with Gasteiger partial charge in [0.15, 0.2) is 5.96 Å². The topological polar surface area (TPSA) is 545 Å². The van der Waals surface area contributed by atoms with Crippen molar-refractivity contribution < 1.29 is 73.2 Å². The van der Waals surface area contributed by atoms with E-state index in [0.717, 1.165) is 0 Å². The molecule has 9 amide bonds. The third kappa shape index (κ3) is 32.0. The Kier molecular flexibility index (Phi) is 38.7. The normalized spacial score (nSPS) is 14.9. The van der Waals surface area contributed by atoms with Crippen molar-refractivity contribution in [3.63, 3.8) is 0 Å². The third-order valence-electron chi connectivity index (χ3n) is 13.7. The van der Waals surface area contributed by atoms with E-state index < -0.39 is 144 Å². The molecule has 498 valence electrons. The first-order valence-electron chi connectivity index (χ1n) is 29.6. The number of nitrogens with one attached hydrogen (secondary N) is 9. The molecule has 0 aliphatic carbocycles. The number of hydrogen-bond acceptors (Lipinski definition) is 19. The van der Waals surface area contributed by atoms with E-state index in [9.17, 15) is 73.2 Å². The zero-order valence-corrected chi connectivity index (χ0v) is 52.0. The average Bonchev–Trinajstić information content (AvgIpc) is 1.83. The molecule has 25 N–H and O–H groups in total. The highest BCUT2D eigenvalue weighted by atomic mass is 32.2. The number of aliphatic hydroxyl groups is 1. The maximum atomic E-state index is 14.5. The Morgan fingerprint density at radius 3 is 1.41 bits per heavy atom. The van der Waals surface area contributed by atoms with Crippen molar-refractivity contribution in [2.24, 2.45) is 45.3 Å². The summed E-state index contributed by atoms with van der Waals surface area (Å²) < 4.78 is 0. The molecule has 0 spiro atoms. The number of hydrogen-bond donors (Lipinski definition) is 19. The van der Waals surface area contributed by atoms with Crippen molar-refractivity contribution in [2.75, 3.05) is 38.2 Å². The minimum Gasteiger partial charge on any atom is -0.508 e. The Labute approximate surface area is 518 Å². The van der Waals surface area contributed by atoms with Crippen LogP contribution < -0.4 is 82.3 Å². The number of phenolic OH excluding ortho intramolecular Hbond substituents is 1. The largest absolute Gasteiger partial charge is 0.508 e. The number of thioether (sulfide) groups is 1. The van der Waals surface area contributed by atoms with E-state index >= 15 is 0 Å². The lowest BCUT2D eigenvalue weighted by atomic mass is 10.0. The van der Waals surface area contributed by atoms with Crippen LogP contribution >= 0.6 is 11.8 Å². The predicted molar refractivity (Wildman–Crippen MR) is 330 cm³/mol. The second-order valence-corrected chi connectivity index (χ2v) is 22.8. The van der Waals surface area contributed by atoms with Gasteiger partial charge in [-0.3, -0.25) is 52.9 Å². The van der Waals surface area contributed by atoms with E-state index in [0.29, 0.717) is 50.6 Å². The number of aliphatic hydroxyl groups excluding tert-OH is 1. The average molecular weight is 1270 g/mol. The molecular weight excluding hydrogens is 1170 g/mol. The van der Waals surface area contributed by atoms with Crippen LogP contribution in [-0.2, 0) is 59.2 Å². The summed E-state index contributed by atoms with van der Waals surface area (Å²) in [5.74, 6) is -11.0. The summed E-state index contributed by atoms with van der Waals surface area (Å²) >= 11 is 1.29. The van der Waals surface area contributed by atoms with Crippen LogP contribution in [0.5, 0.6) is 5.75 Å². The quantitative estimate of drug-likeness (QED) is 0.0169. The number of guanidine groups is 1. The first-order valence-corrected chi connectivity index (χ1v) is 31.0. The molecule has 88 heavy (non-hydrogen) atoms.